The molecule has 6 N–H and O–H groups in total. The van der Waals surface area contributed by atoms with Crippen molar-refractivity contribution in [3.63, 3.8) is 0 Å². The molecule has 31 heavy (non-hydrogen) atoms. The van der Waals surface area contributed by atoms with Gasteiger partial charge in [0.25, 0.3) is 0 Å². The van der Waals surface area contributed by atoms with Crippen LogP contribution in [-0.2, 0) is 31.6 Å². The van der Waals surface area contributed by atoms with Crippen molar-refractivity contribution in [1.29, 1.82) is 0 Å². The Kier molecular flexibility index (Phi) is 6.78. The smallest absolute Gasteiger partial charge is 0.385 e. The van der Waals surface area contributed by atoms with Crippen LogP contribution >= 0.6 is 35.1 Å². The molecule has 0 radical (unpaired) electrons. The molecule has 0 aromatic carbocycles. The van der Waals surface area contributed by atoms with E-state index < -0.39 is 48.2 Å². The Balaban J connectivity index is 1.81. The van der Waals surface area contributed by atoms with E-state index in [1.165, 1.54) is 6.92 Å². The lowest BCUT2D eigenvalue weighted by atomic mass is 10.2. The van der Waals surface area contributed by atoms with Crippen LogP contribution in [0.3, 0.4) is 0 Å². The van der Waals surface area contributed by atoms with Crippen molar-refractivity contribution in [1.82, 2.24) is 19.5 Å². The molecule has 6 atom stereocenters. The molecule has 0 aliphatic carbocycles. The average Bonchev–Trinajstić information content (AvgIpc) is 3.07. The average molecular weight is 527 g/mol. The molecule has 1 fully saturated rings. The summed E-state index contributed by atoms with van der Waals surface area (Å²) in [5.74, 6) is 0.233. The standard InChI is InChI=1S/C10H14ClN4O13P3/c1-3-13-7(11)4-8(14-3)15(2-12-4)9-5(16)6(17)10(25-9)26-30(21,22)28-31(23,24)27-29(18,19)20/h2,5-6,9-10,16-17H,1H3,(H,21,22)(H,23,24)(H2,18,19,20). The van der Waals surface area contributed by atoms with Crippen molar-refractivity contribution in [3.05, 3.63) is 17.3 Å². The molecule has 0 saturated carbocycles. The van der Waals surface area contributed by atoms with Crippen LogP contribution in [0.25, 0.3) is 11.2 Å². The third-order valence-electron chi connectivity index (χ3n) is 3.61. The zero-order valence-corrected chi connectivity index (χ0v) is 18.4. The van der Waals surface area contributed by atoms with Gasteiger partial charge in [0.15, 0.2) is 23.3 Å². The van der Waals surface area contributed by atoms with Crippen LogP contribution in [-0.4, -0.2) is 67.8 Å². The second kappa shape index (κ2) is 8.48. The molecule has 174 valence electrons. The Hall–Kier alpha value is -0.870. The summed E-state index contributed by atoms with van der Waals surface area (Å²) in [6.07, 6.45) is -6.25. The molecule has 0 bridgehead atoms. The molecule has 17 nitrogen and oxygen atoms in total. The van der Waals surface area contributed by atoms with Crippen molar-refractivity contribution in [2.75, 3.05) is 0 Å². The van der Waals surface area contributed by atoms with E-state index in [0.29, 0.717) is 0 Å². The third-order valence-corrected chi connectivity index (χ3v) is 7.68. The summed E-state index contributed by atoms with van der Waals surface area (Å²) in [6.45, 7) is 1.52. The normalized spacial score (nSPS) is 28.5. The number of hydrogen-bond acceptors (Lipinski definition) is 12. The molecule has 3 heterocycles. The third kappa shape index (κ3) is 5.74. The number of nitrogens with zero attached hydrogens (tertiary/aromatic N) is 4. The first kappa shape index (κ1) is 24.8. The second-order valence-corrected chi connectivity index (χ2v) is 10.7. The number of aliphatic hydroxyl groups is 2. The maximum atomic E-state index is 11.9. The first-order valence-electron chi connectivity index (χ1n) is 7.79. The van der Waals surface area contributed by atoms with E-state index in [1.54, 1.807) is 0 Å². The summed E-state index contributed by atoms with van der Waals surface area (Å²) in [5, 5.41) is 20.3. The number of fused-ring (bicyclic) bond motifs is 1. The highest BCUT2D eigenvalue weighted by molar-refractivity contribution is 7.66. The summed E-state index contributed by atoms with van der Waals surface area (Å²) in [6, 6.07) is 0. The van der Waals surface area contributed by atoms with Gasteiger partial charge >= 0.3 is 23.5 Å². The first-order chi connectivity index (χ1) is 14.1. The highest BCUT2D eigenvalue weighted by atomic mass is 35.5. The number of rotatable bonds is 7. The van der Waals surface area contributed by atoms with Gasteiger partial charge < -0.3 is 34.5 Å². The topological polar surface area (TPSA) is 253 Å². The van der Waals surface area contributed by atoms with Crippen LogP contribution in [0.1, 0.15) is 12.1 Å². The monoisotopic (exact) mass is 526 g/mol. The fourth-order valence-corrected chi connectivity index (χ4v) is 5.90. The lowest BCUT2D eigenvalue weighted by Gasteiger charge is -2.20. The molecule has 1 aliphatic heterocycles. The number of phosphoric acid groups is 3. The Morgan fingerprint density at radius 2 is 1.71 bits per heavy atom. The Morgan fingerprint density at radius 3 is 2.32 bits per heavy atom. The van der Waals surface area contributed by atoms with Crippen LogP contribution in [0, 0.1) is 6.92 Å². The zero-order chi connectivity index (χ0) is 23.4. The van der Waals surface area contributed by atoms with E-state index in [4.69, 9.17) is 31.0 Å². The van der Waals surface area contributed by atoms with Crippen LogP contribution < -0.4 is 0 Å². The molecule has 0 amide bonds. The van der Waals surface area contributed by atoms with Crippen molar-refractivity contribution < 1.29 is 61.4 Å². The zero-order valence-electron chi connectivity index (χ0n) is 14.9. The lowest BCUT2D eigenvalue weighted by molar-refractivity contribution is -0.133. The Bertz CT molecular complexity index is 1140. The number of hydrogen-bond donors (Lipinski definition) is 6. The first-order valence-corrected chi connectivity index (χ1v) is 12.7. The van der Waals surface area contributed by atoms with Crippen LogP contribution in [0.5, 0.6) is 0 Å². The molecular formula is C10H14ClN4O13P3. The van der Waals surface area contributed by atoms with Gasteiger partial charge in [-0.25, -0.2) is 28.6 Å². The molecule has 2 aromatic rings. The highest BCUT2D eigenvalue weighted by Crippen LogP contribution is 2.67. The minimum Gasteiger partial charge on any atom is -0.385 e. The van der Waals surface area contributed by atoms with Crippen molar-refractivity contribution in [2.45, 2.75) is 31.6 Å². The van der Waals surface area contributed by atoms with Gasteiger partial charge in [-0.05, 0) is 6.92 Å². The van der Waals surface area contributed by atoms with Gasteiger partial charge in [-0.1, -0.05) is 11.6 Å². The lowest BCUT2D eigenvalue weighted by Crippen LogP contribution is -2.32. The van der Waals surface area contributed by atoms with Crippen LogP contribution in [0.15, 0.2) is 6.33 Å². The van der Waals surface area contributed by atoms with Gasteiger partial charge in [0, 0.05) is 0 Å². The van der Waals surface area contributed by atoms with Gasteiger partial charge in [0.2, 0.25) is 0 Å². The van der Waals surface area contributed by atoms with Crippen molar-refractivity contribution in [2.24, 2.45) is 0 Å². The minimum absolute atomic E-state index is 0.0147. The molecule has 1 aliphatic rings. The summed E-state index contributed by atoms with van der Waals surface area (Å²) < 4.78 is 51.8. The summed E-state index contributed by atoms with van der Waals surface area (Å²) in [5.41, 5.74) is 0.196. The van der Waals surface area contributed by atoms with Crippen LogP contribution in [0.4, 0.5) is 0 Å². The number of imidazole rings is 1. The number of phosphoric ester groups is 1. The quantitative estimate of drug-likeness (QED) is 0.200. The number of ether oxygens (including phenoxy) is 1. The summed E-state index contributed by atoms with van der Waals surface area (Å²) in [7, 11) is -17.0. The van der Waals surface area contributed by atoms with E-state index in [-0.39, 0.29) is 22.1 Å². The highest BCUT2D eigenvalue weighted by Gasteiger charge is 2.50. The summed E-state index contributed by atoms with van der Waals surface area (Å²) in [4.78, 5) is 47.7. The number of aromatic nitrogens is 4. The second-order valence-electron chi connectivity index (χ2n) is 5.96. The predicted octanol–water partition coefficient (Wildman–Crippen LogP) is -0.292. The largest absolute Gasteiger partial charge is 0.490 e. The maximum Gasteiger partial charge on any atom is 0.490 e. The predicted molar refractivity (Wildman–Crippen MR) is 95.9 cm³/mol. The number of aryl methyl sites for hydroxylation is 1. The molecule has 0 spiro atoms. The van der Waals surface area contributed by atoms with E-state index >= 15 is 0 Å². The van der Waals surface area contributed by atoms with Crippen molar-refractivity contribution >= 4 is 46.2 Å². The minimum atomic E-state index is -5.78. The number of aliphatic hydroxyl groups excluding tert-OH is 2. The Labute approximate surface area is 176 Å². The number of halogens is 1. The molecule has 6 unspecified atom stereocenters. The van der Waals surface area contributed by atoms with E-state index in [9.17, 15) is 28.8 Å². The molecule has 3 rings (SSSR count). The Morgan fingerprint density at radius 1 is 1.06 bits per heavy atom. The van der Waals surface area contributed by atoms with E-state index in [2.05, 4.69) is 28.1 Å². The fraction of sp³-hybridized carbons (Fsp3) is 0.500. The molecular weight excluding hydrogens is 513 g/mol. The van der Waals surface area contributed by atoms with Gasteiger partial charge in [-0.3, -0.25) is 9.09 Å². The summed E-state index contributed by atoms with van der Waals surface area (Å²) >= 11 is 5.96. The van der Waals surface area contributed by atoms with Gasteiger partial charge in [0.05, 0.1) is 6.33 Å². The van der Waals surface area contributed by atoms with Crippen molar-refractivity contribution in [3.8, 4) is 0 Å². The van der Waals surface area contributed by atoms with E-state index in [1.807, 2.05) is 0 Å². The molecule has 1 saturated heterocycles. The fourth-order valence-electron chi connectivity index (χ4n) is 2.55. The van der Waals surface area contributed by atoms with Gasteiger partial charge in [-0.15, -0.1) is 0 Å². The maximum absolute atomic E-state index is 11.9. The van der Waals surface area contributed by atoms with Gasteiger partial charge in [-0.2, -0.15) is 8.62 Å². The van der Waals surface area contributed by atoms with Gasteiger partial charge in [0.1, 0.15) is 23.5 Å². The molecule has 2 aromatic heterocycles. The van der Waals surface area contributed by atoms with E-state index in [0.717, 1.165) is 10.9 Å². The SMILES string of the molecule is Cc1nc(Cl)c2ncn(C3OC(OP(=O)(O)OP(=O)(O)OP(=O)(O)O)C(O)C3O)c2n1. The molecule has 21 heteroatoms. The van der Waals surface area contributed by atoms with Crippen LogP contribution in [0.2, 0.25) is 5.15 Å².